The first-order valence-corrected chi connectivity index (χ1v) is 14.3. The molecule has 13 heteroatoms. The van der Waals surface area contributed by atoms with Gasteiger partial charge in [0.05, 0.1) is 28.4 Å². The fourth-order valence-corrected chi connectivity index (χ4v) is 6.02. The highest BCUT2D eigenvalue weighted by Crippen LogP contribution is 2.29. The van der Waals surface area contributed by atoms with Crippen molar-refractivity contribution in [1.82, 2.24) is 34.5 Å². The monoisotopic (exact) mass is 605 g/mol. The highest BCUT2D eigenvalue weighted by Gasteiger charge is 2.33. The van der Waals surface area contributed by atoms with Crippen LogP contribution in [0.3, 0.4) is 0 Å². The van der Waals surface area contributed by atoms with Crippen molar-refractivity contribution in [1.29, 1.82) is 0 Å². The maximum Gasteiger partial charge on any atom is 0.408 e. The van der Waals surface area contributed by atoms with Crippen molar-refractivity contribution in [3.05, 3.63) is 88.7 Å². The molecular weight excluding hydrogens is 575 g/mol. The number of carbonyl (C=O) groups is 2. The van der Waals surface area contributed by atoms with E-state index < -0.39 is 18.6 Å². The van der Waals surface area contributed by atoms with E-state index in [4.69, 9.17) is 0 Å². The quantitative estimate of drug-likeness (QED) is 0.285. The highest BCUT2D eigenvalue weighted by molar-refractivity contribution is 6.05. The maximum atomic E-state index is 13.7. The van der Waals surface area contributed by atoms with Gasteiger partial charge >= 0.3 is 11.9 Å². The Labute approximate surface area is 249 Å². The molecule has 1 fully saturated rings. The average molecular weight is 606 g/mol. The van der Waals surface area contributed by atoms with Gasteiger partial charge in [0, 0.05) is 25.0 Å². The Balaban J connectivity index is 1.17. The van der Waals surface area contributed by atoms with E-state index in [0.717, 1.165) is 28.6 Å². The van der Waals surface area contributed by atoms with E-state index in [0.29, 0.717) is 36.0 Å². The van der Waals surface area contributed by atoms with Crippen LogP contribution in [-0.4, -0.2) is 55.0 Å². The zero-order chi connectivity index (χ0) is 31.0. The summed E-state index contributed by atoms with van der Waals surface area (Å²) in [7, 11) is 1.52. The van der Waals surface area contributed by atoms with Crippen LogP contribution in [0.1, 0.15) is 46.7 Å². The lowest BCUT2D eigenvalue weighted by Gasteiger charge is -2.29. The molecule has 0 aliphatic heterocycles. The third-order valence-electron chi connectivity index (χ3n) is 8.11. The number of alkyl halides is 3. The van der Waals surface area contributed by atoms with Crippen molar-refractivity contribution < 1.29 is 22.8 Å². The van der Waals surface area contributed by atoms with Gasteiger partial charge in [-0.15, -0.1) is 0 Å². The predicted molar refractivity (Wildman–Crippen MR) is 158 cm³/mol. The van der Waals surface area contributed by atoms with Crippen LogP contribution in [0.15, 0.2) is 71.7 Å². The molecule has 0 radical (unpaired) electrons. The molecule has 2 N–H and O–H groups in total. The summed E-state index contributed by atoms with van der Waals surface area (Å²) in [6, 6.07) is 17.0. The van der Waals surface area contributed by atoms with Crippen molar-refractivity contribution in [3.63, 3.8) is 0 Å². The molecular formula is C31H30F3N7O3. The first kappa shape index (κ1) is 29.1. The zero-order valence-electron chi connectivity index (χ0n) is 23.8. The number of aromatic nitrogens is 5. The Morgan fingerprint density at radius 2 is 1.64 bits per heavy atom. The first-order valence-electron chi connectivity index (χ1n) is 14.3. The summed E-state index contributed by atoms with van der Waals surface area (Å²) < 4.78 is 43.8. The number of para-hydroxylation sites is 2. The number of hydrogen-bond donors (Lipinski definition) is 2. The molecule has 0 unspecified atom stereocenters. The van der Waals surface area contributed by atoms with E-state index in [1.165, 1.54) is 13.2 Å². The molecule has 3 heterocycles. The van der Waals surface area contributed by atoms with Crippen molar-refractivity contribution in [2.24, 2.45) is 5.92 Å². The smallest absolute Gasteiger partial charge is 0.354 e. The van der Waals surface area contributed by atoms with Crippen LogP contribution in [0.25, 0.3) is 27.6 Å². The lowest BCUT2D eigenvalue weighted by atomic mass is 9.86. The van der Waals surface area contributed by atoms with Crippen LogP contribution in [-0.2, 0) is 13.1 Å². The summed E-state index contributed by atoms with van der Waals surface area (Å²) in [6.07, 6.45) is -0.327. The van der Waals surface area contributed by atoms with Gasteiger partial charge in [-0.1, -0.05) is 30.3 Å². The molecule has 44 heavy (non-hydrogen) atoms. The van der Waals surface area contributed by atoms with Gasteiger partial charge in [0.25, 0.3) is 11.8 Å². The minimum Gasteiger partial charge on any atom is -0.354 e. The Morgan fingerprint density at radius 3 is 2.32 bits per heavy atom. The fourth-order valence-electron chi connectivity index (χ4n) is 6.02. The van der Waals surface area contributed by atoms with Crippen molar-refractivity contribution in [3.8, 4) is 5.69 Å². The number of carbonyl (C=O) groups excluding carboxylic acids is 2. The second-order valence-electron chi connectivity index (χ2n) is 11.0. The van der Waals surface area contributed by atoms with E-state index in [9.17, 15) is 27.6 Å². The third kappa shape index (κ3) is 5.69. The highest BCUT2D eigenvalue weighted by atomic mass is 19.4. The topological polar surface area (TPSA) is 116 Å². The van der Waals surface area contributed by atoms with E-state index >= 15 is 0 Å². The molecule has 3 aromatic heterocycles. The van der Waals surface area contributed by atoms with Gasteiger partial charge in [0.2, 0.25) is 0 Å². The third-order valence-corrected chi connectivity index (χ3v) is 8.11. The number of hydrogen-bond acceptors (Lipinski definition) is 5. The van der Waals surface area contributed by atoms with Crippen LogP contribution < -0.4 is 16.3 Å². The summed E-state index contributed by atoms with van der Waals surface area (Å²) in [5, 5.41) is 9.86. The molecule has 6 rings (SSSR count). The number of nitrogens with one attached hydrogen (secondary N) is 2. The number of pyridine rings is 1. The van der Waals surface area contributed by atoms with Gasteiger partial charge in [-0.05, 0) is 61.9 Å². The molecule has 2 aromatic carbocycles. The molecule has 1 aliphatic rings. The molecule has 0 saturated heterocycles. The molecule has 0 atom stereocenters. The molecule has 0 spiro atoms. The standard InChI is InChI=1S/C31H30F3N7O3/c1-35-28(42)24-15-14-21(16-36-24)41-26-9-5-4-8-25(26)39(30(41)44)17-19-10-12-20(13-11-19)37-29(43)27-22-6-2-3-7-23(22)38-40(27)18-31(32,33)34/h2-9,14-16,19-20H,10-13,17-18H2,1H3,(H,35,42)(H,37,43). The van der Waals surface area contributed by atoms with Gasteiger partial charge < -0.3 is 10.6 Å². The lowest BCUT2D eigenvalue weighted by Crippen LogP contribution is -2.40. The molecule has 228 valence electrons. The Hall–Kier alpha value is -4.94. The Kier molecular flexibility index (Phi) is 7.70. The normalized spacial score (nSPS) is 17.2. The number of nitrogens with zero attached hydrogens (tertiary/aromatic N) is 5. The first-order chi connectivity index (χ1) is 21.1. The molecule has 10 nitrogen and oxygen atoms in total. The van der Waals surface area contributed by atoms with E-state index in [-0.39, 0.29) is 34.9 Å². The predicted octanol–water partition coefficient (Wildman–Crippen LogP) is 4.45. The molecule has 5 aromatic rings. The summed E-state index contributed by atoms with van der Waals surface area (Å²) >= 11 is 0. The number of benzene rings is 2. The molecule has 1 saturated carbocycles. The number of amides is 2. The van der Waals surface area contributed by atoms with Crippen molar-refractivity contribution in [2.45, 2.75) is 51.0 Å². The Morgan fingerprint density at radius 1 is 0.932 bits per heavy atom. The Bertz CT molecular complexity index is 1900. The minimum absolute atomic E-state index is 0.0998. The van der Waals surface area contributed by atoms with Gasteiger partial charge in [0.15, 0.2) is 0 Å². The number of halogens is 3. The molecule has 0 bridgehead atoms. The number of rotatable bonds is 7. The maximum absolute atomic E-state index is 13.7. The zero-order valence-corrected chi connectivity index (χ0v) is 23.8. The van der Waals surface area contributed by atoms with Gasteiger partial charge in [-0.3, -0.25) is 18.7 Å². The molecule has 2 amide bonds. The largest absolute Gasteiger partial charge is 0.408 e. The number of fused-ring (bicyclic) bond motifs is 2. The SMILES string of the molecule is CNC(=O)c1ccc(-n2c(=O)n(CC3CCC(NC(=O)c4c5ccccc5nn4CC(F)(F)F)CC3)c3ccccc32)cn1. The van der Waals surface area contributed by atoms with E-state index in [2.05, 4.69) is 20.7 Å². The summed E-state index contributed by atoms with van der Waals surface area (Å²) in [6.45, 7) is -0.881. The average Bonchev–Trinajstić information content (AvgIpc) is 3.50. The lowest BCUT2D eigenvalue weighted by molar-refractivity contribution is -0.142. The molecule has 1 aliphatic carbocycles. The second-order valence-corrected chi connectivity index (χ2v) is 11.0. The van der Waals surface area contributed by atoms with Crippen LogP contribution in [0, 0.1) is 5.92 Å². The number of imidazole rings is 1. The summed E-state index contributed by atoms with van der Waals surface area (Å²) in [5.74, 6) is -0.745. The van der Waals surface area contributed by atoms with Crippen LogP contribution in [0.5, 0.6) is 0 Å². The minimum atomic E-state index is -4.53. The van der Waals surface area contributed by atoms with Gasteiger partial charge in [-0.25, -0.2) is 14.5 Å². The van der Waals surface area contributed by atoms with Crippen molar-refractivity contribution >= 4 is 33.8 Å². The van der Waals surface area contributed by atoms with Crippen LogP contribution in [0.2, 0.25) is 0 Å². The van der Waals surface area contributed by atoms with Crippen molar-refractivity contribution in [2.75, 3.05) is 7.05 Å². The van der Waals surface area contributed by atoms with Crippen LogP contribution >= 0.6 is 0 Å². The van der Waals surface area contributed by atoms with E-state index in [1.54, 1.807) is 45.5 Å². The van der Waals surface area contributed by atoms with Gasteiger partial charge in [0.1, 0.15) is 17.9 Å². The summed E-state index contributed by atoms with van der Waals surface area (Å²) in [5.41, 5.74) is 2.28. The van der Waals surface area contributed by atoms with Crippen LogP contribution in [0.4, 0.5) is 13.2 Å². The fraction of sp³-hybridized carbons (Fsp3) is 0.323. The summed E-state index contributed by atoms with van der Waals surface area (Å²) in [4.78, 5) is 43.1. The second kappa shape index (κ2) is 11.6. The van der Waals surface area contributed by atoms with E-state index in [1.807, 2.05) is 24.3 Å². The van der Waals surface area contributed by atoms with Gasteiger partial charge in [-0.2, -0.15) is 18.3 Å².